The van der Waals surface area contributed by atoms with E-state index in [2.05, 4.69) is 0 Å². The summed E-state index contributed by atoms with van der Waals surface area (Å²) < 4.78 is 0. The van der Waals surface area contributed by atoms with Crippen molar-refractivity contribution < 1.29 is 14.7 Å². The van der Waals surface area contributed by atoms with E-state index in [-0.39, 0.29) is 11.5 Å². The van der Waals surface area contributed by atoms with Gasteiger partial charge in [0.25, 0.3) is 5.91 Å². The number of carboxylic acid groups (broad SMARTS) is 1. The van der Waals surface area contributed by atoms with Crippen molar-refractivity contribution in [3.05, 3.63) is 35.4 Å². The zero-order chi connectivity index (χ0) is 14.2. The molecule has 0 unspecified atom stereocenters. The minimum atomic E-state index is -0.992. The van der Waals surface area contributed by atoms with Gasteiger partial charge in [0.2, 0.25) is 0 Å². The zero-order valence-corrected chi connectivity index (χ0v) is 11.5. The van der Waals surface area contributed by atoms with Crippen molar-refractivity contribution in [1.29, 1.82) is 0 Å². The van der Waals surface area contributed by atoms with E-state index in [1.54, 1.807) is 12.1 Å². The van der Waals surface area contributed by atoms with Gasteiger partial charge in [0.15, 0.2) is 0 Å². The third kappa shape index (κ3) is 2.30. The first-order valence-electron chi connectivity index (χ1n) is 7.22. The number of carbonyl (C=O) groups excluding carboxylic acids is 1. The highest BCUT2D eigenvalue weighted by Crippen LogP contribution is 2.45. The van der Waals surface area contributed by atoms with Crippen LogP contribution in [0.1, 0.15) is 52.8 Å². The van der Waals surface area contributed by atoms with E-state index in [4.69, 9.17) is 5.11 Å². The number of nitrogens with zero attached hydrogens (tertiary/aromatic N) is 1. The van der Waals surface area contributed by atoms with Crippen LogP contribution in [0, 0.1) is 5.41 Å². The second-order valence-electron chi connectivity index (χ2n) is 6.07. The van der Waals surface area contributed by atoms with E-state index in [9.17, 15) is 9.59 Å². The highest BCUT2D eigenvalue weighted by molar-refractivity contribution is 5.97. The van der Waals surface area contributed by atoms with Gasteiger partial charge in [-0.2, -0.15) is 0 Å². The summed E-state index contributed by atoms with van der Waals surface area (Å²) in [7, 11) is 0. The first-order valence-corrected chi connectivity index (χ1v) is 7.22. The van der Waals surface area contributed by atoms with Crippen LogP contribution in [0.25, 0.3) is 0 Å². The van der Waals surface area contributed by atoms with Gasteiger partial charge in [-0.05, 0) is 42.9 Å². The van der Waals surface area contributed by atoms with Gasteiger partial charge in [-0.25, -0.2) is 4.79 Å². The van der Waals surface area contributed by atoms with E-state index in [1.165, 1.54) is 37.8 Å². The molecule has 4 heteroatoms. The van der Waals surface area contributed by atoms with Crippen molar-refractivity contribution in [3.63, 3.8) is 0 Å². The molecule has 1 saturated carbocycles. The van der Waals surface area contributed by atoms with E-state index in [0.29, 0.717) is 11.0 Å². The van der Waals surface area contributed by atoms with Crippen molar-refractivity contribution >= 4 is 11.9 Å². The van der Waals surface area contributed by atoms with Gasteiger partial charge in [0, 0.05) is 18.7 Å². The van der Waals surface area contributed by atoms with Gasteiger partial charge in [-0.1, -0.05) is 18.9 Å². The molecule has 1 N–H and O–H groups in total. The quantitative estimate of drug-likeness (QED) is 0.901. The zero-order valence-electron chi connectivity index (χ0n) is 11.5. The van der Waals surface area contributed by atoms with Gasteiger partial charge in [0.1, 0.15) is 0 Å². The highest BCUT2D eigenvalue weighted by Gasteiger charge is 2.41. The molecule has 2 fully saturated rings. The fraction of sp³-hybridized carbons (Fsp3) is 0.500. The number of benzene rings is 1. The van der Waals surface area contributed by atoms with Crippen LogP contribution in [0.5, 0.6) is 0 Å². The summed E-state index contributed by atoms with van der Waals surface area (Å²) in [6.07, 6.45) is 6.10. The van der Waals surface area contributed by atoms with Crippen LogP contribution in [-0.2, 0) is 0 Å². The molecule has 1 amide bonds. The molecule has 106 valence electrons. The van der Waals surface area contributed by atoms with Crippen molar-refractivity contribution in [2.45, 2.75) is 32.1 Å². The molecule has 0 aromatic heterocycles. The largest absolute Gasteiger partial charge is 0.478 e. The third-order valence-electron chi connectivity index (χ3n) is 4.75. The molecule has 20 heavy (non-hydrogen) atoms. The van der Waals surface area contributed by atoms with E-state index >= 15 is 0 Å². The fourth-order valence-corrected chi connectivity index (χ4v) is 3.61. The van der Waals surface area contributed by atoms with Gasteiger partial charge < -0.3 is 10.0 Å². The Morgan fingerprint density at radius 1 is 1.10 bits per heavy atom. The molecule has 2 aliphatic rings. The number of amides is 1. The van der Waals surface area contributed by atoms with Crippen molar-refractivity contribution in [3.8, 4) is 0 Å². The SMILES string of the molecule is O=C(O)c1cccc(C(=O)N2CCC3(CCCC3)C2)c1. The summed E-state index contributed by atoms with van der Waals surface area (Å²) in [5.74, 6) is -1.02. The van der Waals surface area contributed by atoms with E-state index in [0.717, 1.165) is 19.5 Å². The van der Waals surface area contributed by atoms with Crippen LogP contribution in [0.4, 0.5) is 0 Å². The predicted octanol–water partition coefficient (Wildman–Crippen LogP) is 2.79. The van der Waals surface area contributed by atoms with Crippen molar-refractivity contribution in [1.82, 2.24) is 4.90 Å². The van der Waals surface area contributed by atoms with Crippen molar-refractivity contribution in [2.75, 3.05) is 13.1 Å². The molecule has 0 atom stereocenters. The molecule has 1 heterocycles. The summed E-state index contributed by atoms with van der Waals surface area (Å²) in [5.41, 5.74) is 1.01. The molecule has 0 radical (unpaired) electrons. The summed E-state index contributed by atoms with van der Waals surface area (Å²) in [5, 5.41) is 9.00. The lowest BCUT2D eigenvalue weighted by Gasteiger charge is -2.23. The lowest BCUT2D eigenvalue weighted by molar-refractivity contribution is 0.0697. The van der Waals surface area contributed by atoms with Crippen LogP contribution < -0.4 is 0 Å². The molecule has 1 aromatic rings. The minimum absolute atomic E-state index is 0.0307. The number of carbonyl (C=O) groups is 2. The molecule has 1 spiro atoms. The predicted molar refractivity (Wildman–Crippen MR) is 74.8 cm³/mol. The summed E-state index contributed by atoms with van der Waals surface area (Å²) >= 11 is 0. The number of hydrogen-bond acceptors (Lipinski definition) is 2. The van der Waals surface area contributed by atoms with Crippen LogP contribution in [-0.4, -0.2) is 35.0 Å². The molecular weight excluding hydrogens is 254 g/mol. The first kappa shape index (κ1) is 13.2. The molecule has 1 aromatic carbocycles. The van der Waals surface area contributed by atoms with E-state index < -0.39 is 5.97 Å². The molecule has 1 aliphatic heterocycles. The lowest BCUT2D eigenvalue weighted by atomic mass is 9.86. The Hall–Kier alpha value is -1.84. The molecule has 1 aliphatic carbocycles. The van der Waals surface area contributed by atoms with Gasteiger partial charge in [0.05, 0.1) is 5.56 Å². The van der Waals surface area contributed by atoms with Crippen molar-refractivity contribution in [2.24, 2.45) is 5.41 Å². The minimum Gasteiger partial charge on any atom is -0.478 e. The maximum Gasteiger partial charge on any atom is 0.335 e. The van der Waals surface area contributed by atoms with Gasteiger partial charge in [-0.3, -0.25) is 4.79 Å². The summed E-state index contributed by atoms with van der Waals surface area (Å²) in [6, 6.07) is 6.33. The number of aromatic carboxylic acids is 1. The Morgan fingerprint density at radius 3 is 2.50 bits per heavy atom. The highest BCUT2D eigenvalue weighted by atomic mass is 16.4. The molecule has 4 nitrogen and oxygen atoms in total. The third-order valence-corrected chi connectivity index (χ3v) is 4.75. The fourth-order valence-electron chi connectivity index (χ4n) is 3.61. The molecule has 3 rings (SSSR count). The van der Waals surface area contributed by atoms with Crippen LogP contribution in [0.15, 0.2) is 24.3 Å². The van der Waals surface area contributed by atoms with Crippen LogP contribution >= 0.6 is 0 Å². The molecule has 0 bridgehead atoms. The first-order chi connectivity index (χ1) is 9.60. The molecule has 1 saturated heterocycles. The van der Waals surface area contributed by atoms with Gasteiger partial charge >= 0.3 is 5.97 Å². The maximum atomic E-state index is 12.5. The number of carboxylic acids is 1. The second kappa shape index (κ2) is 4.93. The van der Waals surface area contributed by atoms with Gasteiger partial charge in [-0.15, -0.1) is 0 Å². The normalized spacial score (nSPS) is 20.5. The smallest absolute Gasteiger partial charge is 0.335 e. The lowest BCUT2D eigenvalue weighted by Crippen LogP contribution is -2.31. The van der Waals surface area contributed by atoms with Crippen LogP contribution in [0.2, 0.25) is 0 Å². The topological polar surface area (TPSA) is 57.6 Å². The average molecular weight is 273 g/mol. The van der Waals surface area contributed by atoms with E-state index in [1.807, 2.05) is 4.90 Å². The Kier molecular flexibility index (Phi) is 3.24. The van der Waals surface area contributed by atoms with Crippen LogP contribution in [0.3, 0.4) is 0 Å². The Morgan fingerprint density at radius 2 is 1.80 bits per heavy atom. The monoisotopic (exact) mass is 273 g/mol. The molecular formula is C16H19NO3. The maximum absolute atomic E-state index is 12.5. The number of rotatable bonds is 2. The summed E-state index contributed by atoms with van der Waals surface area (Å²) in [4.78, 5) is 25.4. The average Bonchev–Trinajstić information content (AvgIpc) is 3.09. The number of likely N-dealkylation sites (tertiary alicyclic amines) is 1. The number of hydrogen-bond donors (Lipinski definition) is 1. The summed E-state index contributed by atoms with van der Waals surface area (Å²) in [6.45, 7) is 1.64. The Labute approximate surface area is 118 Å². The second-order valence-corrected chi connectivity index (χ2v) is 6.07. The standard InChI is InChI=1S/C16H19NO3/c18-14(12-4-3-5-13(10-12)15(19)20)17-9-8-16(11-17)6-1-2-7-16/h3-5,10H,1-2,6-9,11H2,(H,19,20). The Bertz CT molecular complexity index is 546. The Balaban J connectivity index is 1.76.